The van der Waals surface area contributed by atoms with Crippen LogP contribution in [-0.4, -0.2) is 37.0 Å². The quantitative estimate of drug-likeness (QED) is 0.785. The van der Waals surface area contributed by atoms with Crippen molar-refractivity contribution in [3.8, 4) is 11.5 Å². The van der Waals surface area contributed by atoms with Crippen molar-refractivity contribution in [2.45, 2.75) is 6.54 Å². The summed E-state index contributed by atoms with van der Waals surface area (Å²) in [6, 6.07) is 8.05. The monoisotopic (exact) mass is 328 g/mol. The van der Waals surface area contributed by atoms with E-state index in [2.05, 4.69) is 0 Å². The Morgan fingerprint density at radius 3 is 2.83 bits per heavy atom. The molecule has 7 heteroatoms. The fraction of sp³-hybridized carbons (Fsp3) is 0.235. The number of ether oxygens (including phenoxy) is 2. The summed E-state index contributed by atoms with van der Waals surface area (Å²) in [6.07, 6.45) is 1.53. The van der Waals surface area contributed by atoms with Crippen molar-refractivity contribution in [2.75, 3.05) is 25.7 Å². The Morgan fingerprint density at radius 2 is 2.08 bits per heavy atom. The Kier molecular flexibility index (Phi) is 4.07. The Hall–Kier alpha value is -3.09. The van der Waals surface area contributed by atoms with Gasteiger partial charge in [-0.1, -0.05) is 0 Å². The Labute approximate surface area is 138 Å². The van der Waals surface area contributed by atoms with Crippen molar-refractivity contribution < 1.29 is 19.1 Å². The third-order valence-corrected chi connectivity index (χ3v) is 3.89. The number of hydrogen-bond donors (Lipinski definition) is 0. The molecule has 0 fully saturated rings. The molecule has 7 nitrogen and oxygen atoms in total. The third kappa shape index (κ3) is 2.76. The number of Topliss-reactive ketones (excluding diaryl/α,β-unsaturated/α-hetero) is 1. The number of hydrogen-bond acceptors (Lipinski definition) is 5. The van der Waals surface area contributed by atoms with Crippen molar-refractivity contribution in [1.82, 2.24) is 4.57 Å². The molecule has 1 amide bonds. The first kappa shape index (κ1) is 15.8. The van der Waals surface area contributed by atoms with Gasteiger partial charge in [-0.15, -0.1) is 0 Å². The number of likely N-dealkylation sites (N-methyl/N-ethyl adjacent to an activating group) is 1. The van der Waals surface area contributed by atoms with Crippen LogP contribution in [-0.2, 0) is 11.3 Å². The minimum atomic E-state index is -0.373. The Balaban J connectivity index is 1.89. The molecule has 124 valence electrons. The topological polar surface area (TPSA) is 77.8 Å². The first-order valence-electron chi connectivity index (χ1n) is 7.31. The molecule has 0 bridgehead atoms. The van der Waals surface area contributed by atoms with Gasteiger partial charge in [0.05, 0.1) is 19.3 Å². The predicted molar refractivity (Wildman–Crippen MR) is 86.9 cm³/mol. The molecule has 0 unspecified atom stereocenters. The molecule has 1 aromatic heterocycles. The highest BCUT2D eigenvalue weighted by molar-refractivity contribution is 6.01. The molecule has 2 heterocycles. The van der Waals surface area contributed by atoms with Gasteiger partial charge < -0.3 is 18.9 Å². The van der Waals surface area contributed by atoms with Crippen LogP contribution in [0, 0.1) is 0 Å². The lowest BCUT2D eigenvalue weighted by Gasteiger charge is -2.26. The summed E-state index contributed by atoms with van der Waals surface area (Å²) in [5.74, 6) is 0.289. The SMILES string of the molecule is COc1cccn(CC(=O)c2ccc3c(c2)N(C)C(=O)CO3)c1=O. The van der Waals surface area contributed by atoms with E-state index in [9.17, 15) is 14.4 Å². The Morgan fingerprint density at radius 1 is 1.29 bits per heavy atom. The van der Waals surface area contributed by atoms with Crippen LogP contribution in [0.2, 0.25) is 0 Å². The molecule has 1 aromatic carbocycles. The number of carbonyl (C=O) groups excluding carboxylic acids is 2. The van der Waals surface area contributed by atoms with Gasteiger partial charge in [-0.3, -0.25) is 14.4 Å². The van der Waals surface area contributed by atoms with Crippen LogP contribution in [0.3, 0.4) is 0 Å². The van der Waals surface area contributed by atoms with E-state index in [1.165, 1.54) is 22.8 Å². The second kappa shape index (κ2) is 6.19. The lowest BCUT2D eigenvalue weighted by molar-refractivity contribution is -0.120. The van der Waals surface area contributed by atoms with Gasteiger partial charge >= 0.3 is 0 Å². The van der Waals surface area contributed by atoms with E-state index in [-0.39, 0.29) is 36.2 Å². The second-order valence-corrected chi connectivity index (χ2v) is 5.36. The van der Waals surface area contributed by atoms with Crippen LogP contribution in [0.25, 0.3) is 0 Å². The number of methoxy groups -OCH3 is 1. The molecule has 0 N–H and O–H groups in total. The number of carbonyl (C=O) groups is 2. The lowest BCUT2D eigenvalue weighted by Crippen LogP contribution is -2.35. The largest absolute Gasteiger partial charge is 0.491 e. The van der Waals surface area contributed by atoms with Crippen molar-refractivity contribution in [1.29, 1.82) is 0 Å². The summed E-state index contributed by atoms with van der Waals surface area (Å²) < 4.78 is 11.6. The molecule has 0 saturated carbocycles. The summed E-state index contributed by atoms with van der Waals surface area (Å²) in [7, 11) is 3.03. The standard InChI is InChI=1S/C17H16N2O5/c1-18-12-8-11(5-6-14(12)24-10-16(18)21)13(20)9-19-7-3-4-15(23-2)17(19)22/h3-8H,9-10H2,1-2H3. The molecule has 1 aliphatic heterocycles. The second-order valence-electron chi connectivity index (χ2n) is 5.36. The van der Waals surface area contributed by atoms with E-state index in [1.54, 1.807) is 37.4 Å². The molecule has 1 aliphatic rings. The Bertz CT molecular complexity index is 872. The number of amides is 1. The third-order valence-electron chi connectivity index (χ3n) is 3.89. The fourth-order valence-electron chi connectivity index (χ4n) is 2.49. The number of ketones is 1. The number of nitrogens with zero attached hydrogens (tertiary/aromatic N) is 2. The number of fused-ring (bicyclic) bond motifs is 1. The highest BCUT2D eigenvalue weighted by atomic mass is 16.5. The average molecular weight is 328 g/mol. The zero-order valence-electron chi connectivity index (χ0n) is 13.3. The van der Waals surface area contributed by atoms with E-state index in [0.29, 0.717) is 17.0 Å². The molecule has 0 aliphatic carbocycles. The fourth-order valence-corrected chi connectivity index (χ4v) is 2.49. The van der Waals surface area contributed by atoms with Gasteiger partial charge in [0.2, 0.25) is 0 Å². The van der Waals surface area contributed by atoms with Gasteiger partial charge in [0, 0.05) is 18.8 Å². The van der Waals surface area contributed by atoms with Crippen molar-refractivity contribution in [3.63, 3.8) is 0 Å². The zero-order chi connectivity index (χ0) is 17.3. The molecule has 0 saturated heterocycles. The summed E-state index contributed by atoms with van der Waals surface area (Å²) >= 11 is 0. The minimum absolute atomic E-state index is 0.0179. The lowest BCUT2D eigenvalue weighted by atomic mass is 10.1. The van der Waals surface area contributed by atoms with E-state index in [1.807, 2.05) is 0 Å². The van der Waals surface area contributed by atoms with Crippen molar-refractivity contribution in [2.24, 2.45) is 0 Å². The number of aromatic nitrogens is 1. The minimum Gasteiger partial charge on any atom is -0.491 e. The van der Waals surface area contributed by atoms with Crippen LogP contribution >= 0.6 is 0 Å². The number of rotatable bonds is 4. The molecule has 0 radical (unpaired) electrons. The van der Waals surface area contributed by atoms with E-state index in [0.717, 1.165) is 0 Å². The summed E-state index contributed by atoms with van der Waals surface area (Å²) in [5, 5.41) is 0. The van der Waals surface area contributed by atoms with Gasteiger partial charge in [-0.05, 0) is 30.3 Å². The molecule has 0 spiro atoms. The molecular weight excluding hydrogens is 312 g/mol. The molecule has 24 heavy (non-hydrogen) atoms. The highest BCUT2D eigenvalue weighted by Gasteiger charge is 2.23. The van der Waals surface area contributed by atoms with Gasteiger partial charge in [-0.2, -0.15) is 0 Å². The van der Waals surface area contributed by atoms with Crippen LogP contribution in [0.4, 0.5) is 5.69 Å². The van der Waals surface area contributed by atoms with E-state index >= 15 is 0 Å². The normalized spacial score (nSPS) is 13.2. The number of anilines is 1. The number of pyridine rings is 1. The van der Waals surface area contributed by atoms with Gasteiger partial charge in [0.1, 0.15) is 5.75 Å². The molecule has 0 atom stereocenters. The summed E-state index contributed by atoms with van der Waals surface area (Å²) in [6.45, 7) is -0.136. The van der Waals surface area contributed by atoms with Crippen LogP contribution in [0.5, 0.6) is 11.5 Å². The first-order valence-corrected chi connectivity index (χ1v) is 7.31. The number of benzene rings is 1. The smallest absolute Gasteiger partial charge is 0.293 e. The maximum absolute atomic E-state index is 12.5. The van der Waals surface area contributed by atoms with Gasteiger partial charge in [0.15, 0.2) is 18.1 Å². The molecule has 2 aromatic rings. The average Bonchev–Trinajstić information content (AvgIpc) is 2.59. The van der Waals surface area contributed by atoms with E-state index in [4.69, 9.17) is 9.47 Å². The zero-order valence-corrected chi connectivity index (χ0v) is 13.3. The maximum Gasteiger partial charge on any atom is 0.293 e. The van der Waals surface area contributed by atoms with Crippen molar-refractivity contribution in [3.05, 3.63) is 52.4 Å². The highest BCUT2D eigenvalue weighted by Crippen LogP contribution is 2.32. The maximum atomic E-state index is 12.5. The van der Waals surface area contributed by atoms with Gasteiger partial charge in [-0.25, -0.2) is 0 Å². The van der Waals surface area contributed by atoms with Gasteiger partial charge in [0.25, 0.3) is 11.5 Å². The van der Waals surface area contributed by atoms with Crippen LogP contribution in [0.15, 0.2) is 41.3 Å². The summed E-state index contributed by atoms with van der Waals surface area (Å²) in [4.78, 5) is 37.8. The molecular formula is C17H16N2O5. The summed E-state index contributed by atoms with van der Waals surface area (Å²) in [5.41, 5.74) is 0.561. The van der Waals surface area contributed by atoms with Crippen LogP contribution in [0.1, 0.15) is 10.4 Å². The molecule has 3 rings (SSSR count). The van der Waals surface area contributed by atoms with Crippen LogP contribution < -0.4 is 19.9 Å². The van der Waals surface area contributed by atoms with E-state index < -0.39 is 0 Å². The predicted octanol–water partition coefficient (Wildman–Crippen LogP) is 1.09. The first-order chi connectivity index (χ1) is 11.5. The van der Waals surface area contributed by atoms with Crippen molar-refractivity contribution >= 4 is 17.4 Å².